The molecule has 1 amide bonds. The number of hydrogen-bond acceptors (Lipinski definition) is 3. The van der Waals surface area contributed by atoms with Crippen molar-refractivity contribution in [2.75, 3.05) is 26.2 Å². The molecular weight excluding hydrogens is 477 g/mol. The van der Waals surface area contributed by atoms with Crippen molar-refractivity contribution in [2.24, 2.45) is 0 Å². The SMILES string of the molecule is C[C@@H](c1ccc(-c2ccc(F)cc2)cc1)N1CC[C@@H](CCN2CC[C@H](F)C2)OC1=O.Fc1ccccc1. The van der Waals surface area contributed by atoms with Crippen LogP contribution in [0.25, 0.3) is 11.1 Å². The molecule has 0 radical (unpaired) electrons. The number of alkyl halides is 1. The van der Waals surface area contributed by atoms with Crippen LogP contribution in [0.1, 0.15) is 37.8 Å². The van der Waals surface area contributed by atoms with E-state index in [-0.39, 0.29) is 29.9 Å². The van der Waals surface area contributed by atoms with E-state index in [1.54, 1.807) is 35.2 Å². The fourth-order valence-corrected chi connectivity index (χ4v) is 4.70. The number of nitrogens with zero attached hydrogens (tertiary/aromatic N) is 2. The minimum absolute atomic E-state index is 0.0911. The van der Waals surface area contributed by atoms with E-state index in [0.29, 0.717) is 19.5 Å². The van der Waals surface area contributed by atoms with Crippen LogP contribution in [0.2, 0.25) is 0 Å². The maximum absolute atomic E-state index is 13.3. The van der Waals surface area contributed by atoms with Crippen LogP contribution < -0.4 is 0 Å². The molecule has 2 aliphatic heterocycles. The van der Waals surface area contributed by atoms with Crippen molar-refractivity contribution in [1.82, 2.24) is 9.80 Å². The Morgan fingerprint density at radius 1 is 0.865 bits per heavy atom. The van der Waals surface area contributed by atoms with Gasteiger partial charge >= 0.3 is 6.09 Å². The van der Waals surface area contributed by atoms with Gasteiger partial charge in [-0.25, -0.2) is 18.0 Å². The van der Waals surface area contributed by atoms with Crippen molar-refractivity contribution >= 4 is 6.09 Å². The number of ether oxygens (including phenoxy) is 1. The van der Waals surface area contributed by atoms with E-state index in [0.717, 1.165) is 42.6 Å². The molecule has 2 heterocycles. The summed E-state index contributed by atoms with van der Waals surface area (Å²) in [6.45, 7) is 4.71. The second-order valence-corrected chi connectivity index (χ2v) is 9.56. The quantitative estimate of drug-likeness (QED) is 0.357. The zero-order valence-electron chi connectivity index (χ0n) is 21.0. The summed E-state index contributed by atoms with van der Waals surface area (Å²) in [5.41, 5.74) is 2.99. The maximum atomic E-state index is 13.3. The Kier molecular flexibility index (Phi) is 9.23. The highest BCUT2D eigenvalue weighted by atomic mass is 19.1. The highest BCUT2D eigenvalue weighted by Gasteiger charge is 2.31. The summed E-state index contributed by atoms with van der Waals surface area (Å²) in [6.07, 6.45) is 1.05. The van der Waals surface area contributed by atoms with Crippen molar-refractivity contribution in [3.8, 4) is 11.1 Å². The molecule has 3 aromatic carbocycles. The first-order chi connectivity index (χ1) is 17.9. The number of amides is 1. The minimum Gasteiger partial charge on any atom is -0.446 e. The van der Waals surface area contributed by atoms with Crippen molar-refractivity contribution in [3.05, 3.63) is 96.1 Å². The number of rotatable bonds is 6. The number of benzene rings is 3. The van der Waals surface area contributed by atoms with Gasteiger partial charge in [0.25, 0.3) is 0 Å². The first-order valence-electron chi connectivity index (χ1n) is 12.8. The van der Waals surface area contributed by atoms with Gasteiger partial charge in [0.1, 0.15) is 23.9 Å². The lowest BCUT2D eigenvalue weighted by molar-refractivity contribution is 0.00677. The highest BCUT2D eigenvalue weighted by Crippen LogP contribution is 2.28. The largest absolute Gasteiger partial charge is 0.446 e. The smallest absolute Gasteiger partial charge is 0.410 e. The second kappa shape index (κ2) is 12.8. The summed E-state index contributed by atoms with van der Waals surface area (Å²) in [4.78, 5) is 16.5. The van der Waals surface area contributed by atoms with Crippen LogP contribution >= 0.6 is 0 Å². The molecule has 0 spiro atoms. The molecule has 2 saturated heterocycles. The van der Waals surface area contributed by atoms with Gasteiger partial charge in [0, 0.05) is 32.6 Å². The molecular formula is C30H33F3N2O2. The van der Waals surface area contributed by atoms with Gasteiger partial charge in [0.15, 0.2) is 0 Å². The fraction of sp³-hybridized carbons (Fsp3) is 0.367. The predicted octanol–water partition coefficient (Wildman–Crippen LogP) is 7.02. The highest BCUT2D eigenvalue weighted by molar-refractivity contribution is 5.69. The van der Waals surface area contributed by atoms with Crippen LogP contribution in [0.15, 0.2) is 78.9 Å². The molecule has 3 atom stereocenters. The fourth-order valence-electron chi connectivity index (χ4n) is 4.70. The van der Waals surface area contributed by atoms with Gasteiger partial charge in [-0.3, -0.25) is 0 Å². The Morgan fingerprint density at radius 2 is 1.49 bits per heavy atom. The van der Waals surface area contributed by atoms with Gasteiger partial charge < -0.3 is 14.5 Å². The van der Waals surface area contributed by atoms with E-state index in [9.17, 15) is 18.0 Å². The topological polar surface area (TPSA) is 32.8 Å². The van der Waals surface area contributed by atoms with E-state index in [1.165, 1.54) is 24.3 Å². The maximum Gasteiger partial charge on any atom is 0.410 e. The lowest BCUT2D eigenvalue weighted by Gasteiger charge is -2.36. The molecule has 0 aromatic heterocycles. The average Bonchev–Trinajstić information content (AvgIpc) is 3.33. The van der Waals surface area contributed by atoms with E-state index >= 15 is 0 Å². The Balaban J connectivity index is 0.000000396. The standard InChI is InChI=1S/C24H28F2N2O2.C6H5F/c1-17(18-2-4-19(5-3-18)20-6-8-21(25)9-7-20)28-15-12-23(30-24(28)29)11-14-27-13-10-22(26)16-27;7-6-4-2-1-3-5-6/h2-9,17,22-23H,10-16H2,1H3;1-5H/t17-,22-,23+;/m0./s1. The molecule has 5 rings (SSSR count). The third-order valence-electron chi connectivity index (χ3n) is 6.95. The van der Waals surface area contributed by atoms with E-state index in [2.05, 4.69) is 4.90 Å². The number of carbonyl (C=O) groups excluding carboxylic acids is 1. The van der Waals surface area contributed by atoms with Crippen molar-refractivity contribution in [2.45, 2.75) is 44.5 Å². The molecule has 3 aromatic rings. The molecule has 0 saturated carbocycles. The molecule has 0 bridgehead atoms. The van der Waals surface area contributed by atoms with Gasteiger partial charge in [-0.05, 0) is 60.7 Å². The summed E-state index contributed by atoms with van der Waals surface area (Å²) in [7, 11) is 0. The Hall–Kier alpha value is -3.32. The molecule has 37 heavy (non-hydrogen) atoms. The number of likely N-dealkylation sites (tertiary alicyclic amines) is 1. The minimum atomic E-state index is -0.718. The Bertz CT molecular complexity index is 1130. The van der Waals surface area contributed by atoms with Gasteiger partial charge in [0.2, 0.25) is 0 Å². The number of halogens is 3. The summed E-state index contributed by atoms with van der Waals surface area (Å²) in [6, 6.07) is 22.2. The average molecular weight is 511 g/mol. The Morgan fingerprint density at radius 3 is 2.03 bits per heavy atom. The molecule has 0 N–H and O–H groups in total. The van der Waals surface area contributed by atoms with Crippen LogP contribution in [0.4, 0.5) is 18.0 Å². The van der Waals surface area contributed by atoms with Gasteiger partial charge in [-0.2, -0.15) is 0 Å². The third-order valence-corrected chi connectivity index (χ3v) is 6.95. The number of carbonyl (C=O) groups is 1. The summed E-state index contributed by atoms with van der Waals surface area (Å²) in [5, 5.41) is 0. The molecule has 2 aliphatic rings. The summed E-state index contributed by atoms with van der Waals surface area (Å²) in [5.74, 6) is -0.430. The first-order valence-corrected chi connectivity index (χ1v) is 12.8. The van der Waals surface area contributed by atoms with Crippen molar-refractivity contribution in [3.63, 3.8) is 0 Å². The monoisotopic (exact) mass is 510 g/mol. The summed E-state index contributed by atoms with van der Waals surface area (Å²) >= 11 is 0. The van der Waals surface area contributed by atoms with E-state index < -0.39 is 6.17 Å². The predicted molar refractivity (Wildman–Crippen MR) is 139 cm³/mol. The van der Waals surface area contributed by atoms with Crippen molar-refractivity contribution < 1.29 is 22.7 Å². The van der Waals surface area contributed by atoms with Crippen LogP contribution in [0.3, 0.4) is 0 Å². The normalized spacial score (nSPS) is 20.6. The molecule has 2 fully saturated rings. The van der Waals surface area contributed by atoms with Crippen LogP contribution in [0, 0.1) is 11.6 Å². The van der Waals surface area contributed by atoms with Crippen molar-refractivity contribution in [1.29, 1.82) is 0 Å². The molecule has 7 heteroatoms. The van der Waals surface area contributed by atoms with Gasteiger partial charge in [0.05, 0.1) is 6.04 Å². The molecule has 0 aliphatic carbocycles. The molecule has 4 nitrogen and oxygen atoms in total. The lowest BCUT2D eigenvalue weighted by atomic mass is 10.00. The zero-order valence-corrected chi connectivity index (χ0v) is 21.0. The third kappa shape index (κ3) is 7.59. The van der Waals surface area contributed by atoms with E-state index in [1.807, 2.05) is 31.2 Å². The van der Waals surface area contributed by atoms with E-state index in [4.69, 9.17) is 4.74 Å². The number of hydrogen-bond donors (Lipinski definition) is 0. The van der Waals surface area contributed by atoms with Crippen LogP contribution in [-0.2, 0) is 4.74 Å². The first kappa shape index (κ1) is 26.7. The molecule has 0 unspecified atom stereocenters. The lowest BCUT2D eigenvalue weighted by Crippen LogP contribution is -2.44. The summed E-state index contributed by atoms with van der Waals surface area (Å²) < 4.78 is 44.0. The Labute approximate surface area is 216 Å². The zero-order chi connectivity index (χ0) is 26.2. The van der Waals surface area contributed by atoms with Crippen LogP contribution in [-0.4, -0.2) is 54.3 Å². The molecule has 196 valence electrons. The van der Waals surface area contributed by atoms with Crippen LogP contribution in [0.5, 0.6) is 0 Å². The second-order valence-electron chi connectivity index (χ2n) is 9.56. The van der Waals surface area contributed by atoms with Gasteiger partial charge in [-0.15, -0.1) is 0 Å². The number of cyclic esters (lactones) is 1. The van der Waals surface area contributed by atoms with Gasteiger partial charge in [-0.1, -0.05) is 54.6 Å².